The first-order chi connectivity index (χ1) is 12.6. The van der Waals surface area contributed by atoms with Gasteiger partial charge in [0, 0.05) is 32.2 Å². The molecule has 0 atom stereocenters. The standard InChI is InChI=1S/C19H27N3O4/c1-26-17-5-3-2-4-16(17)21-10-12-22(13-11-21)19(25)20-15-8-6-14(7-9-15)18(23)24/h2-5,14-15H,6-13H2,1H3,(H,20,25)(H,23,24). The number of benzene rings is 1. The van der Waals surface area contributed by atoms with Crippen molar-refractivity contribution in [3.8, 4) is 5.75 Å². The van der Waals surface area contributed by atoms with Crippen LogP contribution >= 0.6 is 0 Å². The van der Waals surface area contributed by atoms with Crippen LogP contribution in [0.1, 0.15) is 25.7 Å². The lowest BCUT2D eigenvalue weighted by Crippen LogP contribution is -2.54. The maximum Gasteiger partial charge on any atom is 0.317 e. The van der Waals surface area contributed by atoms with Crippen molar-refractivity contribution in [2.45, 2.75) is 31.7 Å². The molecule has 0 bridgehead atoms. The zero-order valence-corrected chi connectivity index (χ0v) is 15.2. The van der Waals surface area contributed by atoms with Crippen molar-refractivity contribution in [2.75, 3.05) is 38.2 Å². The normalized spacial score (nSPS) is 23.4. The fraction of sp³-hybridized carbons (Fsp3) is 0.579. The molecule has 1 saturated heterocycles. The number of carboxylic acids is 1. The number of methoxy groups -OCH3 is 1. The lowest BCUT2D eigenvalue weighted by Gasteiger charge is -2.37. The van der Waals surface area contributed by atoms with Crippen LogP contribution in [0.5, 0.6) is 5.75 Å². The third-order valence-corrected chi connectivity index (χ3v) is 5.40. The third kappa shape index (κ3) is 4.20. The molecular formula is C19H27N3O4. The van der Waals surface area contributed by atoms with E-state index in [-0.39, 0.29) is 18.0 Å². The minimum atomic E-state index is -0.720. The molecule has 1 aromatic rings. The van der Waals surface area contributed by atoms with Crippen molar-refractivity contribution in [1.29, 1.82) is 0 Å². The fourth-order valence-corrected chi connectivity index (χ4v) is 3.79. The van der Waals surface area contributed by atoms with Crippen LogP contribution in [0.4, 0.5) is 10.5 Å². The van der Waals surface area contributed by atoms with Crippen LogP contribution in [0.25, 0.3) is 0 Å². The topological polar surface area (TPSA) is 82.1 Å². The quantitative estimate of drug-likeness (QED) is 0.859. The van der Waals surface area contributed by atoms with Gasteiger partial charge in [-0.1, -0.05) is 12.1 Å². The van der Waals surface area contributed by atoms with Gasteiger partial charge in [0.25, 0.3) is 0 Å². The lowest BCUT2D eigenvalue weighted by atomic mass is 9.86. The van der Waals surface area contributed by atoms with Gasteiger partial charge in [0.15, 0.2) is 0 Å². The maximum atomic E-state index is 12.5. The second-order valence-electron chi connectivity index (χ2n) is 6.98. The molecule has 2 fully saturated rings. The predicted octanol–water partition coefficient (Wildman–Crippen LogP) is 2.17. The molecule has 26 heavy (non-hydrogen) atoms. The summed E-state index contributed by atoms with van der Waals surface area (Å²) in [5.74, 6) is -0.129. The average Bonchev–Trinajstić information content (AvgIpc) is 2.68. The van der Waals surface area contributed by atoms with Crippen molar-refractivity contribution in [3.63, 3.8) is 0 Å². The van der Waals surface area contributed by atoms with Gasteiger partial charge in [0.05, 0.1) is 18.7 Å². The van der Waals surface area contributed by atoms with Crippen LogP contribution in [0.3, 0.4) is 0 Å². The number of carbonyl (C=O) groups is 2. The van der Waals surface area contributed by atoms with Crippen molar-refractivity contribution in [2.24, 2.45) is 5.92 Å². The highest BCUT2D eigenvalue weighted by Crippen LogP contribution is 2.28. The first-order valence-electron chi connectivity index (χ1n) is 9.24. The monoisotopic (exact) mass is 361 g/mol. The molecule has 1 saturated carbocycles. The second kappa shape index (κ2) is 8.29. The molecule has 1 heterocycles. The minimum Gasteiger partial charge on any atom is -0.495 e. The number of para-hydroxylation sites is 2. The molecule has 7 nitrogen and oxygen atoms in total. The van der Waals surface area contributed by atoms with Gasteiger partial charge in [0.2, 0.25) is 0 Å². The Morgan fingerprint density at radius 3 is 2.35 bits per heavy atom. The Morgan fingerprint density at radius 2 is 1.73 bits per heavy atom. The number of carboxylic acid groups (broad SMARTS) is 1. The van der Waals surface area contributed by atoms with E-state index in [1.54, 1.807) is 7.11 Å². The number of aliphatic carboxylic acids is 1. The summed E-state index contributed by atoms with van der Waals surface area (Å²) in [5, 5.41) is 12.1. The van der Waals surface area contributed by atoms with Crippen LogP contribution in [0.2, 0.25) is 0 Å². The van der Waals surface area contributed by atoms with Gasteiger partial charge in [-0.3, -0.25) is 4.79 Å². The van der Waals surface area contributed by atoms with Gasteiger partial charge in [-0.05, 0) is 37.8 Å². The lowest BCUT2D eigenvalue weighted by molar-refractivity contribution is -0.142. The van der Waals surface area contributed by atoms with Gasteiger partial charge < -0.3 is 25.0 Å². The van der Waals surface area contributed by atoms with Gasteiger partial charge in [-0.15, -0.1) is 0 Å². The van der Waals surface area contributed by atoms with E-state index in [0.29, 0.717) is 25.9 Å². The van der Waals surface area contributed by atoms with Gasteiger partial charge in [-0.2, -0.15) is 0 Å². The van der Waals surface area contributed by atoms with Crippen molar-refractivity contribution in [3.05, 3.63) is 24.3 Å². The van der Waals surface area contributed by atoms with Gasteiger partial charge >= 0.3 is 12.0 Å². The molecule has 1 aliphatic heterocycles. The fourth-order valence-electron chi connectivity index (χ4n) is 3.79. The van der Waals surface area contributed by atoms with Crippen molar-refractivity contribution in [1.82, 2.24) is 10.2 Å². The highest BCUT2D eigenvalue weighted by molar-refractivity contribution is 5.75. The highest BCUT2D eigenvalue weighted by Gasteiger charge is 2.29. The molecule has 2 amide bonds. The molecule has 2 aliphatic rings. The summed E-state index contributed by atoms with van der Waals surface area (Å²) < 4.78 is 5.42. The van der Waals surface area contributed by atoms with Crippen molar-refractivity contribution >= 4 is 17.7 Å². The molecular weight excluding hydrogens is 334 g/mol. The Labute approximate surface area is 153 Å². The van der Waals surface area contributed by atoms with Crippen LogP contribution in [0.15, 0.2) is 24.3 Å². The zero-order valence-electron chi connectivity index (χ0n) is 15.2. The predicted molar refractivity (Wildman–Crippen MR) is 98.7 cm³/mol. The van der Waals surface area contributed by atoms with E-state index in [1.165, 1.54) is 0 Å². The van der Waals surface area contributed by atoms with Crippen molar-refractivity contribution < 1.29 is 19.4 Å². The number of nitrogens with one attached hydrogen (secondary N) is 1. The Morgan fingerprint density at radius 1 is 1.08 bits per heavy atom. The number of carbonyl (C=O) groups excluding carboxylic acids is 1. The van der Waals surface area contributed by atoms with Crippen LogP contribution in [0, 0.1) is 5.92 Å². The summed E-state index contributed by atoms with van der Waals surface area (Å²) in [7, 11) is 1.67. The van der Waals surface area contributed by atoms with E-state index in [9.17, 15) is 9.59 Å². The van der Waals surface area contributed by atoms with E-state index in [4.69, 9.17) is 9.84 Å². The SMILES string of the molecule is COc1ccccc1N1CCN(C(=O)NC2CCC(C(=O)O)CC2)CC1. The molecule has 7 heteroatoms. The zero-order chi connectivity index (χ0) is 18.5. The Kier molecular flexibility index (Phi) is 5.85. The van der Waals surface area contributed by atoms with Gasteiger partial charge in [0.1, 0.15) is 5.75 Å². The molecule has 1 aliphatic carbocycles. The highest BCUT2D eigenvalue weighted by atomic mass is 16.5. The molecule has 142 valence electrons. The summed E-state index contributed by atoms with van der Waals surface area (Å²) in [6, 6.07) is 7.97. The second-order valence-corrected chi connectivity index (χ2v) is 6.98. The van der Waals surface area contributed by atoms with Gasteiger partial charge in [-0.25, -0.2) is 4.79 Å². The third-order valence-electron chi connectivity index (χ3n) is 5.40. The van der Waals surface area contributed by atoms with E-state index >= 15 is 0 Å². The number of ether oxygens (including phenoxy) is 1. The molecule has 0 unspecified atom stereocenters. The van der Waals surface area contributed by atoms with E-state index < -0.39 is 5.97 Å². The smallest absolute Gasteiger partial charge is 0.317 e. The molecule has 3 rings (SSSR count). The van der Waals surface area contributed by atoms with Crippen LogP contribution in [-0.4, -0.2) is 61.3 Å². The molecule has 0 spiro atoms. The molecule has 1 aromatic carbocycles. The largest absolute Gasteiger partial charge is 0.495 e. The maximum absolute atomic E-state index is 12.5. The number of amides is 2. The Hall–Kier alpha value is -2.44. The molecule has 2 N–H and O–H groups in total. The summed E-state index contributed by atoms with van der Waals surface area (Å²) in [6.45, 7) is 2.85. The Balaban J connectivity index is 1.47. The summed E-state index contributed by atoms with van der Waals surface area (Å²) in [5.41, 5.74) is 1.06. The Bertz CT molecular complexity index is 635. The first kappa shape index (κ1) is 18.4. The van der Waals surface area contributed by atoms with E-state index in [0.717, 1.165) is 37.4 Å². The van der Waals surface area contributed by atoms with E-state index in [2.05, 4.69) is 10.2 Å². The number of rotatable bonds is 4. The molecule has 0 radical (unpaired) electrons. The van der Waals surface area contributed by atoms with Crippen LogP contribution < -0.4 is 15.0 Å². The minimum absolute atomic E-state index is 0.0385. The number of nitrogens with zero attached hydrogens (tertiary/aromatic N) is 2. The van der Waals surface area contributed by atoms with E-state index in [1.807, 2.05) is 29.2 Å². The number of piperazine rings is 1. The summed E-state index contributed by atoms with van der Waals surface area (Å²) >= 11 is 0. The first-order valence-corrected chi connectivity index (χ1v) is 9.24. The number of hydrogen-bond donors (Lipinski definition) is 2. The number of hydrogen-bond acceptors (Lipinski definition) is 4. The molecule has 0 aromatic heterocycles. The van der Waals surface area contributed by atoms with Crippen LogP contribution in [-0.2, 0) is 4.79 Å². The number of anilines is 1. The summed E-state index contributed by atoms with van der Waals surface area (Å²) in [6.07, 6.45) is 2.76. The summed E-state index contributed by atoms with van der Waals surface area (Å²) in [4.78, 5) is 27.6. The number of urea groups is 1. The average molecular weight is 361 g/mol.